The van der Waals surface area contributed by atoms with Gasteiger partial charge < -0.3 is 15.0 Å². The lowest BCUT2D eigenvalue weighted by Gasteiger charge is -2.15. The molecule has 6 heteroatoms. The summed E-state index contributed by atoms with van der Waals surface area (Å²) in [6, 6.07) is 8.48. The van der Waals surface area contributed by atoms with E-state index in [1.807, 2.05) is 30.3 Å². The predicted molar refractivity (Wildman–Crippen MR) is 72.9 cm³/mol. The Labute approximate surface area is 116 Å². The van der Waals surface area contributed by atoms with Gasteiger partial charge in [0.1, 0.15) is 11.9 Å². The maximum absolute atomic E-state index is 11.2. The summed E-state index contributed by atoms with van der Waals surface area (Å²) >= 11 is 0. The Kier molecular flexibility index (Phi) is 4.14. The van der Waals surface area contributed by atoms with Gasteiger partial charge in [0.05, 0.1) is 6.54 Å². The van der Waals surface area contributed by atoms with Crippen molar-refractivity contribution in [3.63, 3.8) is 0 Å². The van der Waals surface area contributed by atoms with Gasteiger partial charge >= 0.3 is 5.97 Å². The van der Waals surface area contributed by atoms with Crippen molar-refractivity contribution in [2.24, 2.45) is 0 Å². The van der Waals surface area contributed by atoms with Crippen molar-refractivity contribution in [1.82, 2.24) is 14.9 Å². The molecule has 0 saturated heterocycles. The zero-order valence-electron chi connectivity index (χ0n) is 11.0. The van der Waals surface area contributed by atoms with E-state index in [4.69, 9.17) is 5.11 Å². The molecule has 0 aliphatic heterocycles. The van der Waals surface area contributed by atoms with E-state index in [2.05, 4.69) is 10.3 Å². The molecule has 1 heterocycles. The van der Waals surface area contributed by atoms with Crippen LogP contribution in [0.2, 0.25) is 0 Å². The standard InChI is InChI=1S/C14H15N3O3/c1-10(18)16-12(14(19)20)9-17-8-7-15-13(17)11-5-3-2-4-6-11/h2-8,12H,9H2,1H3,(H,16,18)(H,19,20). The molecule has 2 N–H and O–H groups in total. The van der Waals surface area contributed by atoms with Crippen molar-refractivity contribution < 1.29 is 14.7 Å². The molecule has 0 radical (unpaired) electrons. The van der Waals surface area contributed by atoms with Crippen LogP contribution in [-0.2, 0) is 16.1 Å². The summed E-state index contributed by atoms with van der Waals surface area (Å²) in [6.07, 6.45) is 3.30. The third-order valence-electron chi connectivity index (χ3n) is 2.80. The number of carboxylic acids is 1. The average molecular weight is 273 g/mol. The van der Waals surface area contributed by atoms with Crippen LogP contribution in [-0.4, -0.2) is 32.6 Å². The normalized spacial score (nSPS) is 11.8. The van der Waals surface area contributed by atoms with Gasteiger partial charge in [-0.2, -0.15) is 0 Å². The number of imidazole rings is 1. The fourth-order valence-corrected chi connectivity index (χ4v) is 1.93. The van der Waals surface area contributed by atoms with Crippen LogP contribution in [0.5, 0.6) is 0 Å². The van der Waals surface area contributed by atoms with Gasteiger partial charge in [0.25, 0.3) is 0 Å². The molecule has 20 heavy (non-hydrogen) atoms. The quantitative estimate of drug-likeness (QED) is 0.855. The molecule has 104 valence electrons. The molecule has 6 nitrogen and oxygen atoms in total. The van der Waals surface area contributed by atoms with E-state index >= 15 is 0 Å². The second-order valence-corrected chi connectivity index (χ2v) is 4.36. The molecule has 2 rings (SSSR count). The number of amides is 1. The zero-order chi connectivity index (χ0) is 14.5. The fraction of sp³-hybridized carbons (Fsp3) is 0.214. The second kappa shape index (κ2) is 6.01. The minimum absolute atomic E-state index is 0.124. The third kappa shape index (κ3) is 3.23. The highest BCUT2D eigenvalue weighted by Gasteiger charge is 2.20. The maximum atomic E-state index is 11.2. The summed E-state index contributed by atoms with van der Waals surface area (Å²) in [4.78, 5) is 26.4. The van der Waals surface area contributed by atoms with Gasteiger partial charge in [-0.05, 0) is 0 Å². The SMILES string of the molecule is CC(=O)NC(Cn1ccnc1-c1ccccc1)C(=O)O. The summed E-state index contributed by atoms with van der Waals surface area (Å²) < 4.78 is 1.71. The summed E-state index contributed by atoms with van der Waals surface area (Å²) in [6.45, 7) is 1.42. The van der Waals surface area contributed by atoms with Crippen LogP contribution >= 0.6 is 0 Å². The molecule has 1 amide bonds. The Balaban J connectivity index is 2.24. The number of carbonyl (C=O) groups excluding carboxylic acids is 1. The number of hydrogen-bond acceptors (Lipinski definition) is 3. The molecule has 0 aliphatic rings. The number of carbonyl (C=O) groups is 2. The number of aliphatic carboxylic acids is 1. The number of aromatic nitrogens is 2. The smallest absolute Gasteiger partial charge is 0.328 e. The third-order valence-corrected chi connectivity index (χ3v) is 2.80. The van der Waals surface area contributed by atoms with Crippen molar-refractivity contribution in [2.45, 2.75) is 19.5 Å². The van der Waals surface area contributed by atoms with E-state index in [-0.39, 0.29) is 12.5 Å². The Morgan fingerprint density at radius 1 is 1.35 bits per heavy atom. The number of nitrogens with zero attached hydrogens (tertiary/aromatic N) is 2. The molecule has 1 aromatic carbocycles. The highest BCUT2D eigenvalue weighted by Crippen LogP contribution is 2.17. The van der Waals surface area contributed by atoms with Gasteiger partial charge in [0.15, 0.2) is 0 Å². The van der Waals surface area contributed by atoms with E-state index in [1.54, 1.807) is 17.0 Å². The van der Waals surface area contributed by atoms with Crippen LogP contribution in [0.1, 0.15) is 6.92 Å². The minimum Gasteiger partial charge on any atom is -0.480 e. The topological polar surface area (TPSA) is 84.2 Å². The molecular weight excluding hydrogens is 258 g/mol. The van der Waals surface area contributed by atoms with Crippen LogP contribution < -0.4 is 5.32 Å². The Hall–Kier alpha value is -2.63. The van der Waals surface area contributed by atoms with Crippen molar-refractivity contribution >= 4 is 11.9 Å². The number of carboxylic acid groups (broad SMARTS) is 1. The summed E-state index contributed by atoms with van der Waals surface area (Å²) in [5, 5.41) is 11.5. The van der Waals surface area contributed by atoms with Crippen molar-refractivity contribution in [3.05, 3.63) is 42.7 Å². The maximum Gasteiger partial charge on any atom is 0.328 e. The zero-order valence-corrected chi connectivity index (χ0v) is 11.0. The van der Waals surface area contributed by atoms with Crippen LogP contribution in [0.4, 0.5) is 0 Å². The first-order valence-electron chi connectivity index (χ1n) is 6.14. The number of rotatable bonds is 5. The summed E-state index contributed by atoms with van der Waals surface area (Å²) in [5.74, 6) is -0.783. The summed E-state index contributed by atoms with van der Waals surface area (Å²) in [7, 11) is 0. The molecule has 2 aromatic rings. The van der Waals surface area contributed by atoms with Gasteiger partial charge in [-0.15, -0.1) is 0 Å². The lowest BCUT2D eigenvalue weighted by atomic mass is 10.2. The van der Waals surface area contributed by atoms with E-state index < -0.39 is 12.0 Å². The van der Waals surface area contributed by atoms with E-state index in [0.29, 0.717) is 5.82 Å². The highest BCUT2D eigenvalue weighted by molar-refractivity contribution is 5.82. The lowest BCUT2D eigenvalue weighted by molar-refractivity contribution is -0.141. The number of hydrogen-bond donors (Lipinski definition) is 2. The molecule has 0 aliphatic carbocycles. The molecular formula is C14H15N3O3. The van der Waals surface area contributed by atoms with Crippen molar-refractivity contribution in [1.29, 1.82) is 0 Å². The first-order valence-corrected chi connectivity index (χ1v) is 6.14. The van der Waals surface area contributed by atoms with E-state index in [0.717, 1.165) is 5.56 Å². The molecule has 0 bridgehead atoms. The Bertz CT molecular complexity index is 607. The molecule has 0 fully saturated rings. The Morgan fingerprint density at radius 3 is 2.65 bits per heavy atom. The first kappa shape index (κ1) is 13.8. The average Bonchev–Trinajstić information content (AvgIpc) is 2.86. The predicted octanol–water partition coefficient (Wildman–Crippen LogP) is 1.14. The fourth-order valence-electron chi connectivity index (χ4n) is 1.93. The first-order chi connectivity index (χ1) is 9.58. The lowest BCUT2D eigenvalue weighted by Crippen LogP contribution is -2.42. The van der Waals surface area contributed by atoms with Crippen molar-refractivity contribution in [2.75, 3.05) is 0 Å². The second-order valence-electron chi connectivity index (χ2n) is 4.36. The summed E-state index contributed by atoms with van der Waals surface area (Å²) in [5.41, 5.74) is 0.893. The number of benzene rings is 1. The van der Waals surface area contributed by atoms with Gasteiger partial charge in [0.2, 0.25) is 5.91 Å². The van der Waals surface area contributed by atoms with E-state index in [1.165, 1.54) is 6.92 Å². The largest absolute Gasteiger partial charge is 0.480 e. The van der Waals surface area contributed by atoms with Crippen LogP contribution in [0.15, 0.2) is 42.7 Å². The van der Waals surface area contributed by atoms with Crippen molar-refractivity contribution in [3.8, 4) is 11.4 Å². The minimum atomic E-state index is -1.08. The number of nitrogens with one attached hydrogen (secondary N) is 1. The molecule has 1 atom stereocenters. The van der Waals surface area contributed by atoms with Gasteiger partial charge in [-0.25, -0.2) is 9.78 Å². The monoisotopic (exact) mass is 273 g/mol. The van der Waals surface area contributed by atoms with Gasteiger partial charge in [-0.3, -0.25) is 4.79 Å². The Morgan fingerprint density at radius 2 is 2.05 bits per heavy atom. The molecule has 0 saturated carbocycles. The van der Waals surface area contributed by atoms with Crippen LogP contribution in [0, 0.1) is 0 Å². The molecule has 1 aromatic heterocycles. The van der Waals surface area contributed by atoms with Crippen LogP contribution in [0.25, 0.3) is 11.4 Å². The molecule has 0 spiro atoms. The van der Waals surface area contributed by atoms with Crippen LogP contribution in [0.3, 0.4) is 0 Å². The highest BCUT2D eigenvalue weighted by atomic mass is 16.4. The van der Waals surface area contributed by atoms with E-state index in [9.17, 15) is 9.59 Å². The molecule has 1 unspecified atom stereocenters. The van der Waals surface area contributed by atoms with Gasteiger partial charge in [-0.1, -0.05) is 30.3 Å². The van der Waals surface area contributed by atoms with Gasteiger partial charge in [0, 0.05) is 24.9 Å².